The smallest absolute Gasteiger partial charge is 0.234 e. The molecule has 1 aliphatic rings. The quantitative estimate of drug-likeness (QED) is 0.679. The maximum Gasteiger partial charge on any atom is 0.234 e. The third-order valence-corrected chi connectivity index (χ3v) is 5.31. The minimum Gasteiger partial charge on any atom is -0.493 e. The number of para-hydroxylation sites is 1. The Labute approximate surface area is 179 Å². The van der Waals surface area contributed by atoms with Crippen LogP contribution in [0.5, 0.6) is 17.2 Å². The summed E-state index contributed by atoms with van der Waals surface area (Å²) in [6, 6.07) is 13.8. The Hall–Kier alpha value is -2.73. The van der Waals surface area contributed by atoms with Crippen LogP contribution in [0.4, 0.5) is 0 Å². The van der Waals surface area contributed by atoms with Crippen molar-refractivity contribution in [2.45, 2.75) is 45.4 Å². The van der Waals surface area contributed by atoms with Crippen LogP contribution >= 0.6 is 0 Å². The molecule has 1 N–H and O–H groups in total. The first-order valence-corrected chi connectivity index (χ1v) is 10.6. The number of rotatable bonds is 9. The van der Waals surface area contributed by atoms with Crippen LogP contribution in [-0.2, 0) is 17.9 Å². The van der Waals surface area contributed by atoms with Crippen molar-refractivity contribution < 1.29 is 19.0 Å². The van der Waals surface area contributed by atoms with Crippen molar-refractivity contribution in [3.63, 3.8) is 0 Å². The fraction of sp³-hybridized carbons (Fsp3) is 0.458. The normalized spacial score (nSPS) is 16.2. The lowest BCUT2D eigenvalue weighted by Gasteiger charge is -2.23. The van der Waals surface area contributed by atoms with Crippen LogP contribution < -0.4 is 19.5 Å². The van der Waals surface area contributed by atoms with Gasteiger partial charge in [-0.05, 0) is 36.6 Å². The number of fused-ring (bicyclic) bond motifs is 1. The fourth-order valence-electron chi connectivity index (χ4n) is 3.71. The van der Waals surface area contributed by atoms with E-state index in [1.54, 1.807) is 14.2 Å². The standard InChI is InChI=1S/C24H32N2O4/c1-4-5-9-20-16-26(15-19-8-6-7-10-21(19)30-20)17-24(27)25-14-18-11-12-22(28-2)23(13-18)29-3/h6-8,10-13,20H,4-5,9,14-17H2,1-3H3,(H,25,27)/t20-/m0/s1. The summed E-state index contributed by atoms with van der Waals surface area (Å²) in [6.07, 6.45) is 3.35. The third-order valence-electron chi connectivity index (χ3n) is 5.31. The zero-order chi connectivity index (χ0) is 21.3. The number of methoxy groups -OCH3 is 2. The van der Waals surface area contributed by atoms with Crippen molar-refractivity contribution >= 4 is 5.91 Å². The number of benzene rings is 2. The molecule has 2 aromatic rings. The third kappa shape index (κ3) is 5.89. The zero-order valence-electron chi connectivity index (χ0n) is 18.1. The van der Waals surface area contributed by atoms with Gasteiger partial charge >= 0.3 is 0 Å². The zero-order valence-corrected chi connectivity index (χ0v) is 18.1. The molecule has 0 unspecified atom stereocenters. The molecule has 1 heterocycles. The largest absolute Gasteiger partial charge is 0.493 e. The lowest BCUT2D eigenvalue weighted by molar-refractivity contribution is -0.122. The first-order chi connectivity index (χ1) is 14.6. The average Bonchev–Trinajstić information content (AvgIpc) is 2.94. The summed E-state index contributed by atoms with van der Waals surface area (Å²) in [4.78, 5) is 14.8. The Morgan fingerprint density at radius 2 is 1.97 bits per heavy atom. The van der Waals surface area contributed by atoms with Gasteiger partial charge in [0.05, 0.1) is 20.8 Å². The average molecular weight is 413 g/mol. The van der Waals surface area contributed by atoms with Gasteiger partial charge in [0.1, 0.15) is 11.9 Å². The summed E-state index contributed by atoms with van der Waals surface area (Å²) in [5, 5.41) is 3.02. The molecule has 0 bridgehead atoms. The highest BCUT2D eigenvalue weighted by Crippen LogP contribution is 2.28. The predicted octanol–water partition coefficient (Wildman–Crippen LogP) is 3.77. The van der Waals surface area contributed by atoms with Gasteiger partial charge in [-0.15, -0.1) is 0 Å². The second-order valence-corrected chi connectivity index (χ2v) is 7.63. The summed E-state index contributed by atoms with van der Waals surface area (Å²) >= 11 is 0. The van der Waals surface area contributed by atoms with Crippen LogP contribution in [0.1, 0.15) is 37.3 Å². The molecular formula is C24H32N2O4. The van der Waals surface area contributed by atoms with Gasteiger partial charge in [0, 0.05) is 25.2 Å². The minimum absolute atomic E-state index is 0.00147. The molecule has 0 aliphatic carbocycles. The van der Waals surface area contributed by atoms with Gasteiger partial charge in [0.15, 0.2) is 11.5 Å². The number of carbonyl (C=O) groups excluding carboxylic acids is 1. The van der Waals surface area contributed by atoms with Gasteiger partial charge in [0.25, 0.3) is 0 Å². The highest BCUT2D eigenvalue weighted by Gasteiger charge is 2.23. The van der Waals surface area contributed by atoms with Crippen LogP contribution in [0, 0.1) is 0 Å². The Bertz CT molecular complexity index is 840. The molecule has 162 valence electrons. The van der Waals surface area contributed by atoms with E-state index in [4.69, 9.17) is 14.2 Å². The van der Waals surface area contributed by atoms with E-state index >= 15 is 0 Å². The topological polar surface area (TPSA) is 60.0 Å². The molecule has 1 aliphatic heterocycles. The first-order valence-electron chi connectivity index (χ1n) is 10.6. The van der Waals surface area contributed by atoms with Gasteiger partial charge in [-0.3, -0.25) is 9.69 Å². The molecule has 0 spiro atoms. The lowest BCUT2D eigenvalue weighted by Crippen LogP contribution is -2.40. The highest BCUT2D eigenvalue weighted by molar-refractivity contribution is 5.78. The van der Waals surface area contributed by atoms with E-state index in [9.17, 15) is 4.79 Å². The number of ether oxygens (including phenoxy) is 3. The van der Waals surface area contributed by atoms with E-state index in [2.05, 4.69) is 23.2 Å². The van der Waals surface area contributed by atoms with Crippen LogP contribution in [0.25, 0.3) is 0 Å². The van der Waals surface area contributed by atoms with Crippen LogP contribution in [-0.4, -0.2) is 44.2 Å². The van der Waals surface area contributed by atoms with Gasteiger partial charge in [-0.2, -0.15) is 0 Å². The van der Waals surface area contributed by atoms with E-state index < -0.39 is 0 Å². The van der Waals surface area contributed by atoms with Gasteiger partial charge in [-0.1, -0.05) is 37.6 Å². The molecule has 0 saturated heterocycles. The molecule has 30 heavy (non-hydrogen) atoms. The maximum atomic E-state index is 12.7. The SMILES string of the molecule is CCCC[C@H]1CN(CC(=O)NCc2ccc(OC)c(OC)c2)Cc2ccccc2O1. The highest BCUT2D eigenvalue weighted by atomic mass is 16.5. The summed E-state index contributed by atoms with van der Waals surface area (Å²) in [7, 11) is 3.21. The van der Waals surface area contributed by atoms with Gasteiger partial charge in [0.2, 0.25) is 5.91 Å². The Morgan fingerprint density at radius 3 is 2.73 bits per heavy atom. The second-order valence-electron chi connectivity index (χ2n) is 7.63. The van der Waals surface area contributed by atoms with E-state index in [1.807, 2.05) is 36.4 Å². The van der Waals surface area contributed by atoms with Crippen LogP contribution in [0.15, 0.2) is 42.5 Å². The predicted molar refractivity (Wildman–Crippen MR) is 117 cm³/mol. The number of amides is 1. The number of nitrogens with zero attached hydrogens (tertiary/aromatic N) is 1. The van der Waals surface area contributed by atoms with E-state index in [1.165, 1.54) is 0 Å². The van der Waals surface area contributed by atoms with Crippen molar-refractivity contribution in [1.29, 1.82) is 0 Å². The molecule has 0 aromatic heterocycles. The van der Waals surface area contributed by atoms with E-state index in [0.29, 0.717) is 31.1 Å². The number of unbranched alkanes of at least 4 members (excludes halogenated alkanes) is 1. The molecule has 1 amide bonds. The van der Waals surface area contributed by atoms with Crippen molar-refractivity contribution in [3.05, 3.63) is 53.6 Å². The molecule has 0 fully saturated rings. The molecule has 3 rings (SSSR count). The monoisotopic (exact) mass is 412 g/mol. The summed E-state index contributed by atoms with van der Waals surface area (Å²) in [5.41, 5.74) is 2.09. The van der Waals surface area contributed by atoms with E-state index in [0.717, 1.165) is 42.7 Å². The lowest BCUT2D eigenvalue weighted by atomic mass is 10.1. The fourth-order valence-corrected chi connectivity index (χ4v) is 3.71. The summed E-state index contributed by atoms with van der Waals surface area (Å²) in [6.45, 7) is 4.43. The molecular weight excluding hydrogens is 380 g/mol. The number of hydrogen-bond acceptors (Lipinski definition) is 5. The number of carbonyl (C=O) groups is 1. The summed E-state index contributed by atoms with van der Waals surface area (Å²) < 4.78 is 16.8. The molecule has 1 atom stereocenters. The second kappa shape index (κ2) is 10.9. The molecule has 6 nitrogen and oxygen atoms in total. The van der Waals surface area contributed by atoms with Crippen molar-refractivity contribution in [2.75, 3.05) is 27.3 Å². The molecule has 0 radical (unpaired) electrons. The Balaban J connectivity index is 1.60. The molecule has 2 aromatic carbocycles. The number of nitrogens with one attached hydrogen (secondary N) is 1. The molecule has 0 saturated carbocycles. The van der Waals surface area contributed by atoms with Crippen molar-refractivity contribution in [3.8, 4) is 17.2 Å². The first kappa shape index (κ1) is 22.0. The number of hydrogen-bond donors (Lipinski definition) is 1. The Kier molecular flexibility index (Phi) is 7.97. The van der Waals surface area contributed by atoms with Gasteiger partial charge in [-0.25, -0.2) is 0 Å². The van der Waals surface area contributed by atoms with Crippen LogP contribution in [0.3, 0.4) is 0 Å². The van der Waals surface area contributed by atoms with E-state index in [-0.39, 0.29) is 12.0 Å². The van der Waals surface area contributed by atoms with Crippen molar-refractivity contribution in [1.82, 2.24) is 10.2 Å². The maximum absolute atomic E-state index is 12.7. The Morgan fingerprint density at radius 1 is 1.17 bits per heavy atom. The molecule has 6 heteroatoms. The minimum atomic E-state index is -0.00147. The van der Waals surface area contributed by atoms with Crippen LogP contribution in [0.2, 0.25) is 0 Å². The van der Waals surface area contributed by atoms with Crippen molar-refractivity contribution in [2.24, 2.45) is 0 Å². The van der Waals surface area contributed by atoms with Gasteiger partial charge < -0.3 is 19.5 Å². The summed E-state index contributed by atoms with van der Waals surface area (Å²) in [5.74, 6) is 2.27.